The Hall–Kier alpha value is -2.99. The topological polar surface area (TPSA) is 68.4 Å². The van der Waals surface area contributed by atoms with Gasteiger partial charge in [0.15, 0.2) is 0 Å². The van der Waals surface area contributed by atoms with Gasteiger partial charge in [-0.05, 0) is 53.4 Å². The van der Waals surface area contributed by atoms with Gasteiger partial charge in [0.2, 0.25) is 0 Å². The van der Waals surface area contributed by atoms with E-state index in [9.17, 15) is 9.90 Å². The Balaban J connectivity index is 0.000000937. The molecule has 0 radical (unpaired) electrons. The molecule has 3 heterocycles. The van der Waals surface area contributed by atoms with Crippen LogP contribution in [0.5, 0.6) is 5.75 Å². The number of alkyl halides is 1. The van der Waals surface area contributed by atoms with Crippen LogP contribution in [0.25, 0.3) is 21.7 Å². The molecule has 152 valence electrons. The Labute approximate surface area is 182 Å². The first-order valence-corrected chi connectivity index (χ1v) is 11.6. The summed E-state index contributed by atoms with van der Waals surface area (Å²) in [6.07, 6.45) is 1.77. The number of hydrogen-bond acceptors (Lipinski definition) is 3. The van der Waals surface area contributed by atoms with Crippen LogP contribution in [0.3, 0.4) is 0 Å². The van der Waals surface area contributed by atoms with Crippen molar-refractivity contribution in [2.75, 3.05) is 29.1 Å². The Morgan fingerprint density at radius 3 is 2.63 bits per heavy atom. The number of H-pyrrole nitrogens is 1. The molecular formula is C24H22BrN3O2. The highest BCUT2D eigenvalue weighted by Crippen LogP contribution is 2.40. The highest BCUT2D eigenvalue weighted by Gasteiger charge is 2.29. The number of aromatic hydroxyl groups is 1. The maximum atomic E-state index is 13.3. The molecule has 0 bridgehead atoms. The third-order valence-corrected chi connectivity index (χ3v) is 6.07. The Morgan fingerprint density at radius 1 is 1.00 bits per heavy atom. The number of anilines is 2. The lowest BCUT2D eigenvalue weighted by atomic mass is 10.0. The normalized spacial score (nSPS) is 14.3. The van der Waals surface area contributed by atoms with Crippen molar-refractivity contribution in [3.63, 3.8) is 0 Å². The van der Waals surface area contributed by atoms with Crippen LogP contribution in [-0.2, 0) is 12.8 Å². The molecule has 0 unspecified atom stereocenters. The fourth-order valence-corrected chi connectivity index (χ4v) is 4.74. The van der Waals surface area contributed by atoms with Gasteiger partial charge in [-0.1, -0.05) is 40.2 Å². The van der Waals surface area contributed by atoms with Crippen molar-refractivity contribution in [1.82, 2.24) is 4.98 Å². The molecule has 6 heteroatoms. The van der Waals surface area contributed by atoms with Gasteiger partial charge in [0, 0.05) is 41.1 Å². The summed E-state index contributed by atoms with van der Waals surface area (Å²) in [5.41, 5.74) is 5.96. The summed E-state index contributed by atoms with van der Waals surface area (Å²) >= 11 is 2.94. The third kappa shape index (κ3) is 2.78. The van der Waals surface area contributed by atoms with Crippen molar-refractivity contribution in [1.29, 1.82) is 0 Å². The molecule has 1 aromatic heterocycles. The molecule has 4 aromatic rings. The number of carbonyl (C=O) groups excluding carboxylic acids is 1. The number of aromatic amines is 1. The second-order valence-electron chi connectivity index (χ2n) is 7.56. The SMILES string of the molecule is CBr.O=C(c1cc2c3c(ccc2[nH]1)NCC3)N1CCc2c1cc(O)c1ccccc21. The minimum Gasteiger partial charge on any atom is -0.507 e. The molecule has 3 aromatic carbocycles. The fourth-order valence-electron chi connectivity index (χ4n) is 4.74. The molecule has 6 rings (SSSR count). The first kappa shape index (κ1) is 19.0. The van der Waals surface area contributed by atoms with Gasteiger partial charge in [0.1, 0.15) is 11.4 Å². The monoisotopic (exact) mass is 463 g/mol. The maximum absolute atomic E-state index is 13.3. The summed E-state index contributed by atoms with van der Waals surface area (Å²) in [5, 5.41) is 16.8. The number of halogens is 1. The Kier molecular flexibility index (Phi) is 4.66. The molecule has 30 heavy (non-hydrogen) atoms. The number of phenolic OH excluding ortho intramolecular Hbond substituents is 1. The fraction of sp³-hybridized carbons (Fsp3) is 0.208. The predicted molar refractivity (Wildman–Crippen MR) is 126 cm³/mol. The molecule has 0 atom stereocenters. The van der Waals surface area contributed by atoms with E-state index in [0.717, 1.165) is 58.0 Å². The van der Waals surface area contributed by atoms with Gasteiger partial charge in [-0.15, -0.1) is 0 Å². The van der Waals surface area contributed by atoms with Crippen molar-refractivity contribution < 1.29 is 9.90 Å². The summed E-state index contributed by atoms with van der Waals surface area (Å²) in [6.45, 7) is 1.56. The lowest BCUT2D eigenvalue weighted by molar-refractivity contribution is 0.0985. The summed E-state index contributed by atoms with van der Waals surface area (Å²) in [5.74, 6) is 1.98. The van der Waals surface area contributed by atoms with Gasteiger partial charge >= 0.3 is 0 Å². The third-order valence-electron chi connectivity index (χ3n) is 6.07. The number of amides is 1. The van der Waals surface area contributed by atoms with Gasteiger partial charge in [-0.3, -0.25) is 4.79 Å². The first-order chi connectivity index (χ1) is 14.7. The zero-order valence-electron chi connectivity index (χ0n) is 16.6. The van der Waals surface area contributed by atoms with Crippen LogP contribution in [-0.4, -0.2) is 34.9 Å². The maximum Gasteiger partial charge on any atom is 0.274 e. The summed E-state index contributed by atoms with van der Waals surface area (Å²) in [7, 11) is 0. The van der Waals surface area contributed by atoms with E-state index < -0.39 is 0 Å². The van der Waals surface area contributed by atoms with Crippen LogP contribution in [0.2, 0.25) is 0 Å². The van der Waals surface area contributed by atoms with Gasteiger partial charge in [0.25, 0.3) is 5.91 Å². The van der Waals surface area contributed by atoms with Gasteiger partial charge in [-0.25, -0.2) is 0 Å². The molecule has 0 fully saturated rings. The number of phenols is 1. The standard InChI is InChI=1S/C23H19N3O2.CH3Br/c27-22-12-21-15(13-3-1-2-4-16(13)22)8-10-26(21)23(28)20-11-17-14-7-9-24-18(14)5-6-19(17)25-20;1-2/h1-6,11-12,24-25,27H,7-10H2;1H3. The van der Waals surface area contributed by atoms with E-state index in [2.05, 4.69) is 32.3 Å². The zero-order valence-corrected chi connectivity index (χ0v) is 18.2. The molecule has 0 saturated heterocycles. The predicted octanol–water partition coefficient (Wildman–Crippen LogP) is 5.21. The summed E-state index contributed by atoms with van der Waals surface area (Å²) < 4.78 is 0. The van der Waals surface area contributed by atoms with Crippen molar-refractivity contribution >= 4 is 54.9 Å². The van der Waals surface area contributed by atoms with E-state index in [0.29, 0.717) is 12.2 Å². The van der Waals surface area contributed by atoms with E-state index >= 15 is 0 Å². The van der Waals surface area contributed by atoms with Crippen molar-refractivity contribution in [2.24, 2.45) is 0 Å². The van der Waals surface area contributed by atoms with Crippen LogP contribution >= 0.6 is 15.9 Å². The van der Waals surface area contributed by atoms with E-state index in [4.69, 9.17) is 0 Å². The molecule has 2 aliphatic rings. The van der Waals surface area contributed by atoms with Crippen LogP contribution in [0.15, 0.2) is 48.5 Å². The lowest BCUT2D eigenvalue weighted by Crippen LogP contribution is -2.29. The van der Waals surface area contributed by atoms with Gasteiger partial charge in [0.05, 0.1) is 5.69 Å². The van der Waals surface area contributed by atoms with Crippen LogP contribution < -0.4 is 10.2 Å². The minimum atomic E-state index is -0.0515. The number of fused-ring (bicyclic) bond motifs is 6. The highest BCUT2D eigenvalue weighted by molar-refractivity contribution is 9.08. The highest BCUT2D eigenvalue weighted by atomic mass is 79.9. The van der Waals surface area contributed by atoms with Gasteiger partial charge < -0.3 is 20.3 Å². The zero-order chi connectivity index (χ0) is 20.8. The molecule has 0 saturated carbocycles. The largest absolute Gasteiger partial charge is 0.507 e. The van der Waals surface area contributed by atoms with E-state index in [1.54, 1.807) is 11.0 Å². The van der Waals surface area contributed by atoms with Crippen LogP contribution in [0.4, 0.5) is 11.4 Å². The quantitative estimate of drug-likeness (QED) is 0.339. The van der Waals surface area contributed by atoms with Gasteiger partial charge in [-0.2, -0.15) is 0 Å². The molecular weight excluding hydrogens is 442 g/mol. The number of nitrogens with one attached hydrogen (secondary N) is 2. The minimum absolute atomic E-state index is 0.0515. The number of aromatic nitrogens is 1. The van der Waals surface area contributed by atoms with Crippen molar-refractivity contribution in [2.45, 2.75) is 12.8 Å². The number of benzene rings is 3. The summed E-state index contributed by atoms with van der Waals surface area (Å²) in [4.78, 5) is 18.4. The van der Waals surface area contributed by atoms with E-state index in [1.165, 1.54) is 5.56 Å². The van der Waals surface area contributed by atoms with Crippen molar-refractivity contribution in [3.05, 3.63) is 65.4 Å². The second kappa shape index (κ2) is 7.36. The molecule has 3 N–H and O–H groups in total. The van der Waals surface area contributed by atoms with E-state index in [-0.39, 0.29) is 11.7 Å². The lowest BCUT2D eigenvalue weighted by Gasteiger charge is -2.17. The molecule has 2 aliphatic heterocycles. The van der Waals surface area contributed by atoms with Crippen LogP contribution in [0, 0.1) is 0 Å². The summed E-state index contributed by atoms with van der Waals surface area (Å²) in [6, 6.07) is 15.6. The number of nitrogens with zero attached hydrogens (tertiary/aromatic N) is 1. The second-order valence-corrected chi connectivity index (χ2v) is 7.56. The number of carbonyl (C=O) groups is 1. The molecule has 1 amide bonds. The first-order valence-electron chi connectivity index (χ1n) is 10.0. The number of hydrogen-bond donors (Lipinski definition) is 3. The molecule has 5 nitrogen and oxygen atoms in total. The van der Waals surface area contributed by atoms with Crippen molar-refractivity contribution in [3.8, 4) is 5.75 Å². The van der Waals surface area contributed by atoms with E-state index in [1.807, 2.05) is 42.2 Å². The molecule has 0 spiro atoms. The Bertz CT molecular complexity index is 1290. The smallest absolute Gasteiger partial charge is 0.274 e. The van der Waals surface area contributed by atoms with Crippen LogP contribution in [0.1, 0.15) is 21.6 Å². The average molecular weight is 464 g/mol. The Morgan fingerprint density at radius 2 is 1.80 bits per heavy atom. The number of rotatable bonds is 1. The molecule has 0 aliphatic carbocycles. The average Bonchev–Trinajstić information content (AvgIpc) is 3.51.